The highest BCUT2D eigenvalue weighted by molar-refractivity contribution is 5.79. The lowest BCUT2D eigenvalue weighted by Crippen LogP contribution is -2.38. The van der Waals surface area contributed by atoms with Crippen molar-refractivity contribution in [2.45, 2.75) is 32.3 Å². The molecule has 2 aromatic carbocycles. The minimum atomic E-state index is -4.83. The number of ether oxygens (including phenoxy) is 1. The summed E-state index contributed by atoms with van der Waals surface area (Å²) in [6.07, 6.45) is -0.258. The molecule has 0 saturated carbocycles. The van der Waals surface area contributed by atoms with E-state index in [0.717, 1.165) is 12.1 Å². The van der Waals surface area contributed by atoms with E-state index in [0.29, 0.717) is 22.4 Å². The van der Waals surface area contributed by atoms with Gasteiger partial charge < -0.3 is 9.64 Å². The molecule has 1 amide bonds. The smallest absolute Gasteiger partial charge is 0.406 e. The zero-order valence-electron chi connectivity index (χ0n) is 22.7. The number of hydrogen-bond donors (Lipinski definition) is 0. The van der Waals surface area contributed by atoms with E-state index in [1.54, 1.807) is 67.8 Å². The molecule has 216 valence electrons. The quantitative estimate of drug-likeness (QED) is 0.244. The summed E-state index contributed by atoms with van der Waals surface area (Å²) in [5, 5.41) is 9.52. The highest BCUT2D eigenvalue weighted by Gasteiger charge is 2.31. The van der Waals surface area contributed by atoms with E-state index >= 15 is 0 Å². The van der Waals surface area contributed by atoms with Crippen LogP contribution in [0.5, 0.6) is 5.75 Å². The molecule has 43 heavy (non-hydrogen) atoms. The molecule has 5 aromatic rings. The fourth-order valence-corrected chi connectivity index (χ4v) is 4.60. The Morgan fingerprint density at radius 1 is 1.02 bits per heavy atom. The third-order valence-electron chi connectivity index (χ3n) is 6.67. The van der Waals surface area contributed by atoms with Gasteiger partial charge in [0.2, 0.25) is 5.91 Å². The molecule has 0 fully saturated rings. The van der Waals surface area contributed by atoms with Crippen LogP contribution in [0.2, 0.25) is 0 Å². The van der Waals surface area contributed by atoms with E-state index < -0.39 is 23.7 Å². The molecule has 0 saturated heterocycles. The lowest BCUT2D eigenvalue weighted by molar-refractivity contribution is -0.274. The first kappa shape index (κ1) is 28.9. The van der Waals surface area contributed by atoms with Crippen LogP contribution in [0.15, 0.2) is 96.2 Å². The van der Waals surface area contributed by atoms with E-state index in [1.807, 2.05) is 0 Å². The third-order valence-corrected chi connectivity index (χ3v) is 6.67. The maximum absolute atomic E-state index is 13.9. The van der Waals surface area contributed by atoms with Crippen LogP contribution in [0, 0.1) is 11.3 Å². The van der Waals surface area contributed by atoms with Crippen LogP contribution in [0.4, 0.5) is 13.2 Å². The Morgan fingerprint density at radius 2 is 1.74 bits per heavy atom. The molecule has 5 rings (SSSR count). The van der Waals surface area contributed by atoms with Gasteiger partial charge in [0.05, 0.1) is 35.2 Å². The molecule has 3 heterocycles. The minimum Gasteiger partial charge on any atom is -0.406 e. The lowest BCUT2D eigenvalue weighted by atomic mass is 10.1. The second-order valence-electron chi connectivity index (χ2n) is 9.57. The van der Waals surface area contributed by atoms with Gasteiger partial charge in [-0.1, -0.05) is 18.2 Å². The minimum absolute atomic E-state index is 0.104. The van der Waals surface area contributed by atoms with Gasteiger partial charge in [-0.05, 0) is 72.6 Å². The molecule has 9 nitrogen and oxygen atoms in total. The number of carbonyl (C=O) groups is 1. The van der Waals surface area contributed by atoms with Gasteiger partial charge in [0.1, 0.15) is 11.6 Å². The molecular formula is C31H23F3N6O3. The Hall–Kier alpha value is -5.57. The molecule has 1 atom stereocenters. The van der Waals surface area contributed by atoms with Crippen LogP contribution >= 0.6 is 0 Å². The van der Waals surface area contributed by atoms with Crippen LogP contribution in [-0.4, -0.2) is 36.7 Å². The number of nitrogens with zero attached hydrogens (tertiary/aromatic N) is 6. The van der Waals surface area contributed by atoms with Gasteiger partial charge in [0.25, 0.3) is 5.56 Å². The van der Waals surface area contributed by atoms with Crippen molar-refractivity contribution in [1.29, 1.82) is 5.26 Å². The largest absolute Gasteiger partial charge is 0.573 e. The maximum Gasteiger partial charge on any atom is 0.573 e. The van der Waals surface area contributed by atoms with Gasteiger partial charge in [0.15, 0.2) is 5.65 Å². The van der Waals surface area contributed by atoms with E-state index in [9.17, 15) is 28.0 Å². The third kappa shape index (κ3) is 6.68. The van der Waals surface area contributed by atoms with Crippen molar-refractivity contribution in [1.82, 2.24) is 24.4 Å². The van der Waals surface area contributed by atoms with Crippen LogP contribution in [0.3, 0.4) is 0 Å². The van der Waals surface area contributed by atoms with Crippen molar-refractivity contribution in [3.63, 3.8) is 0 Å². The second-order valence-corrected chi connectivity index (χ2v) is 9.57. The number of alkyl halides is 3. The molecule has 0 aliphatic carbocycles. The normalized spacial score (nSPS) is 12.0. The number of nitriles is 1. The fraction of sp³-hybridized carbons (Fsp3) is 0.161. The number of amides is 1. The van der Waals surface area contributed by atoms with E-state index in [4.69, 9.17) is 4.98 Å². The number of benzene rings is 2. The van der Waals surface area contributed by atoms with Gasteiger partial charge in [-0.3, -0.25) is 19.1 Å². The molecule has 1 unspecified atom stereocenters. The van der Waals surface area contributed by atoms with Crippen molar-refractivity contribution in [2.24, 2.45) is 0 Å². The first-order chi connectivity index (χ1) is 20.6. The summed E-state index contributed by atoms with van der Waals surface area (Å²) in [7, 11) is 0. The molecule has 0 radical (unpaired) electrons. The number of carbonyl (C=O) groups excluding carboxylic acids is 1. The molecule has 0 N–H and O–H groups in total. The summed E-state index contributed by atoms with van der Waals surface area (Å²) in [6.45, 7) is 1.83. The summed E-state index contributed by atoms with van der Waals surface area (Å²) < 4.78 is 43.1. The Bertz CT molecular complexity index is 1850. The Balaban J connectivity index is 1.57. The average Bonchev–Trinajstić information content (AvgIpc) is 3.00. The predicted octanol–water partition coefficient (Wildman–Crippen LogP) is 5.28. The number of rotatable bonds is 8. The molecule has 3 aromatic heterocycles. The molecule has 12 heteroatoms. The van der Waals surface area contributed by atoms with Crippen LogP contribution in [-0.2, 0) is 17.8 Å². The summed E-state index contributed by atoms with van der Waals surface area (Å²) in [6, 6.07) is 19.5. The van der Waals surface area contributed by atoms with Crippen molar-refractivity contribution in [3.05, 3.63) is 124 Å². The summed E-state index contributed by atoms with van der Waals surface area (Å²) >= 11 is 0. The highest BCUT2D eigenvalue weighted by atomic mass is 19.4. The zero-order chi connectivity index (χ0) is 30.6. The number of hydrogen-bond acceptors (Lipinski definition) is 7. The van der Waals surface area contributed by atoms with Crippen molar-refractivity contribution in [3.8, 4) is 17.5 Å². The van der Waals surface area contributed by atoms with E-state index in [1.165, 1.54) is 27.8 Å². The highest BCUT2D eigenvalue weighted by Crippen LogP contribution is 2.27. The topological polar surface area (TPSA) is 114 Å². The van der Waals surface area contributed by atoms with Gasteiger partial charge in [-0.25, -0.2) is 9.97 Å². The summed E-state index contributed by atoms with van der Waals surface area (Å²) in [5.41, 5.74) is 1.82. The SMILES string of the molecule is CC(c1nc2ncccc2c(=O)n1-c1ccc(C#N)cc1)N(Cc1cccnc1)C(=O)Cc1ccc(OC(F)(F)F)cc1. The van der Waals surface area contributed by atoms with Crippen LogP contribution < -0.4 is 10.3 Å². The molecular weight excluding hydrogens is 561 g/mol. The molecule has 0 aliphatic heterocycles. The lowest BCUT2D eigenvalue weighted by Gasteiger charge is -2.30. The van der Waals surface area contributed by atoms with Crippen molar-refractivity contribution < 1.29 is 22.7 Å². The van der Waals surface area contributed by atoms with Gasteiger partial charge >= 0.3 is 6.36 Å². The fourth-order valence-electron chi connectivity index (χ4n) is 4.60. The first-order valence-electron chi connectivity index (χ1n) is 13.0. The maximum atomic E-state index is 13.9. The zero-order valence-corrected chi connectivity index (χ0v) is 22.7. The predicted molar refractivity (Wildman–Crippen MR) is 150 cm³/mol. The van der Waals surface area contributed by atoms with Crippen LogP contribution in [0.25, 0.3) is 16.7 Å². The van der Waals surface area contributed by atoms with Crippen molar-refractivity contribution in [2.75, 3.05) is 0 Å². The van der Waals surface area contributed by atoms with Gasteiger partial charge in [-0.15, -0.1) is 13.2 Å². The summed E-state index contributed by atoms with van der Waals surface area (Å²) in [4.78, 5) is 42.3. The standard InChI is InChI=1S/C31H23F3N6O3/c1-20(29-38-28-26(5-3-15-37-28)30(42)40(29)24-10-6-22(17-35)7-11-24)39(19-23-4-2-14-36-18-23)27(41)16-21-8-12-25(13-9-21)43-31(32,33)34/h2-15,18,20H,16,19H2,1H3. The summed E-state index contributed by atoms with van der Waals surface area (Å²) in [5.74, 6) is -0.543. The number of pyridine rings is 2. The van der Waals surface area contributed by atoms with E-state index in [-0.39, 0.29) is 35.7 Å². The second kappa shape index (κ2) is 12.1. The van der Waals surface area contributed by atoms with Crippen molar-refractivity contribution >= 4 is 16.9 Å². The number of fused-ring (bicyclic) bond motifs is 1. The van der Waals surface area contributed by atoms with E-state index in [2.05, 4.69) is 20.8 Å². The van der Waals surface area contributed by atoms with Crippen LogP contribution in [0.1, 0.15) is 35.5 Å². The molecule has 0 aliphatic rings. The Morgan fingerprint density at radius 3 is 2.40 bits per heavy atom. The number of halogens is 3. The van der Waals surface area contributed by atoms with Gasteiger partial charge in [0, 0.05) is 25.1 Å². The number of aromatic nitrogens is 4. The monoisotopic (exact) mass is 584 g/mol. The first-order valence-corrected chi connectivity index (χ1v) is 13.0. The molecule has 0 bridgehead atoms. The Labute approximate surface area is 243 Å². The average molecular weight is 585 g/mol. The molecule has 0 spiro atoms. The Kier molecular flexibility index (Phi) is 8.16. The van der Waals surface area contributed by atoms with Gasteiger partial charge in [-0.2, -0.15) is 5.26 Å².